The third-order valence-electron chi connectivity index (χ3n) is 5.31. The smallest absolute Gasteiger partial charge is 0.221 e. The van der Waals surface area contributed by atoms with Gasteiger partial charge in [0, 0.05) is 42.1 Å². The van der Waals surface area contributed by atoms with E-state index in [9.17, 15) is 0 Å². The third-order valence-corrected chi connectivity index (χ3v) is 5.31. The number of rotatable bonds is 3. The highest BCUT2D eigenvalue weighted by Gasteiger charge is 2.21. The molecule has 4 aromatic rings. The molecule has 0 saturated carbocycles. The molecule has 6 heteroatoms. The van der Waals surface area contributed by atoms with E-state index in [0.717, 1.165) is 24.0 Å². The van der Waals surface area contributed by atoms with Gasteiger partial charge in [-0.1, -0.05) is 24.3 Å². The Bertz CT molecular complexity index is 1180. The Kier molecular flexibility index (Phi) is 3.83. The standard InChI is InChI=1S/C22H20N6/c23-21-16(12-26-22(24)27-21)13-28-10-8-15-11-14(6-7-20(15)28)17-3-1-5-19-18(17)4-2-9-25-19/h1-7,9,11-12H,8,10,13H2,(H4,23,24,26,27). The van der Waals surface area contributed by atoms with Gasteiger partial charge in [0.2, 0.25) is 5.95 Å². The number of nitrogens with zero attached hydrogens (tertiary/aromatic N) is 4. The van der Waals surface area contributed by atoms with E-state index in [2.05, 4.69) is 56.3 Å². The van der Waals surface area contributed by atoms with E-state index in [4.69, 9.17) is 11.5 Å². The van der Waals surface area contributed by atoms with Crippen LogP contribution in [0, 0.1) is 0 Å². The van der Waals surface area contributed by atoms with Crippen LogP contribution in [0.25, 0.3) is 22.0 Å². The number of hydrogen-bond acceptors (Lipinski definition) is 6. The van der Waals surface area contributed by atoms with Crippen molar-refractivity contribution >= 4 is 28.4 Å². The van der Waals surface area contributed by atoms with Gasteiger partial charge in [-0.3, -0.25) is 4.98 Å². The predicted octanol–water partition coefficient (Wildman–Crippen LogP) is 3.42. The van der Waals surface area contributed by atoms with Crippen LogP contribution in [-0.4, -0.2) is 21.5 Å². The Labute approximate surface area is 162 Å². The van der Waals surface area contributed by atoms with Gasteiger partial charge < -0.3 is 16.4 Å². The molecule has 6 nitrogen and oxygen atoms in total. The minimum atomic E-state index is 0.206. The Morgan fingerprint density at radius 2 is 1.93 bits per heavy atom. The SMILES string of the molecule is Nc1ncc(CN2CCc3cc(-c4cccc5ncccc45)ccc32)c(N)n1. The van der Waals surface area contributed by atoms with Crippen molar-refractivity contribution in [2.75, 3.05) is 22.9 Å². The van der Waals surface area contributed by atoms with Crippen LogP contribution in [0.2, 0.25) is 0 Å². The summed E-state index contributed by atoms with van der Waals surface area (Å²) in [5, 5.41) is 1.17. The van der Waals surface area contributed by atoms with E-state index in [1.165, 1.54) is 27.8 Å². The molecule has 4 N–H and O–H groups in total. The molecule has 0 spiro atoms. The highest BCUT2D eigenvalue weighted by Crippen LogP contribution is 2.35. The number of fused-ring (bicyclic) bond motifs is 2. The van der Waals surface area contributed by atoms with Gasteiger partial charge in [-0.2, -0.15) is 4.98 Å². The van der Waals surface area contributed by atoms with Crippen molar-refractivity contribution in [3.05, 3.63) is 72.1 Å². The van der Waals surface area contributed by atoms with Gasteiger partial charge in [0.1, 0.15) is 5.82 Å². The van der Waals surface area contributed by atoms with Crippen LogP contribution in [0.5, 0.6) is 0 Å². The lowest BCUT2D eigenvalue weighted by Crippen LogP contribution is -2.21. The van der Waals surface area contributed by atoms with E-state index in [-0.39, 0.29) is 5.95 Å². The lowest BCUT2D eigenvalue weighted by atomic mass is 9.98. The van der Waals surface area contributed by atoms with Crippen molar-refractivity contribution in [3.63, 3.8) is 0 Å². The van der Waals surface area contributed by atoms with E-state index < -0.39 is 0 Å². The molecule has 0 radical (unpaired) electrons. The molecule has 0 amide bonds. The fourth-order valence-electron chi connectivity index (χ4n) is 3.92. The van der Waals surface area contributed by atoms with E-state index in [0.29, 0.717) is 12.4 Å². The first-order chi connectivity index (χ1) is 13.7. The summed E-state index contributed by atoms with van der Waals surface area (Å²) in [5.41, 5.74) is 18.5. The number of anilines is 3. The van der Waals surface area contributed by atoms with Crippen molar-refractivity contribution in [3.8, 4) is 11.1 Å². The van der Waals surface area contributed by atoms with Gasteiger partial charge in [0.25, 0.3) is 0 Å². The van der Waals surface area contributed by atoms with Crippen molar-refractivity contribution < 1.29 is 0 Å². The third kappa shape index (κ3) is 2.79. The largest absolute Gasteiger partial charge is 0.383 e. The molecule has 2 aromatic carbocycles. The first-order valence-electron chi connectivity index (χ1n) is 9.28. The minimum Gasteiger partial charge on any atom is -0.383 e. The summed E-state index contributed by atoms with van der Waals surface area (Å²) in [6.45, 7) is 1.62. The zero-order valence-electron chi connectivity index (χ0n) is 15.3. The number of nitrogen functional groups attached to an aromatic ring is 2. The molecule has 0 fully saturated rings. The quantitative estimate of drug-likeness (QED) is 0.575. The molecular weight excluding hydrogens is 348 g/mol. The fourth-order valence-corrected chi connectivity index (χ4v) is 3.92. The van der Waals surface area contributed by atoms with Crippen molar-refractivity contribution in [1.29, 1.82) is 0 Å². The van der Waals surface area contributed by atoms with Crippen LogP contribution in [0.1, 0.15) is 11.1 Å². The Balaban J connectivity index is 1.48. The highest BCUT2D eigenvalue weighted by atomic mass is 15.2. The molecule has 1 aliphatic rings. The lowest BCUT2D eigenvalue weighted by Gasteiger charge is -2.20. The van der Waals surface area contributed by atoms with Gasteiger partial charge in [-0.15, -0.1) is 0 Å². The molecule has 2 aromatic heterocycles. The molecule has 5 rings (SSSR count). The van der Waals surface area contributed by atoms with Crippen molar-refractivity contribution in [1.82, 2.24) is 15.0 Å². The topological polar surface area (TPSA) is 94.0 Å². The van der Waals surface area contributed by atoms with Crippen LogP contribution in [0.15, 0.2) is 60.9 Å². The molecule has 0 bridgehead atoms. The monoisotopic (exact) mass is 368 g/mol. The molecule has 138 valence electrons. The first-order valence-corrected chi connectivity index (χ1v) is 9.28. The maximum Gasteiger partial charge on any atom is 0.221 e. The molecule has 0 saturated heterocycles. The maximum atomic E-state index is 6.01. The number of benzene rings is 2. The Morgan fingerprint density at radius 1 is 1.00 bits per heavy atom. The number of aromatic nitrogens is 3. The van der Waals surface area contributed by atoms with Crippen LogP contribution < -0.4 is 16.4 Å². The zero-order chi connectivity index (χ0) is 19.1. The van der Waals surface area contributed by atoms with Crippen LogP contribution in [-0.2, 0) is 13.0 Å². The summed E-state index contributed by atoms with van der Waals surface area (Å²) in [6.07, 6.45) is 4.55. The van der Waals surface area contributed by atoms with Gasteiger partial charge in [-0.25, -0.2) is 4.98 Å². The van der Waals surface area contributed by atoms with Crippen LogP contribution >= 0.6 is 0 Å². The summed E-state index contributed by atoms with van der Waals surface area (Å²) >= 11 is 0. The second kappa shape index (κ2) is 6.49. The first kappa shape index (κ1) is 16.5. The summed E-state index contributed by atoms with van der Waals surface area (Å²) < 4.78 is 0. The molecule has 1 aliphatic heterocycles. The molecule has 3 heterocycles. The van der Waals surface area contributed by atoms with Crippen LogP contribution in [0.4, 0.5) is 17.5 Å². The molecule has 0 aliphatic carbocycles. The molecule has 0 unspecified atom stereocenters. The fraction of sp³-hybridized carbons (Fsp3) is 0.136. The highest BCUT2D eigenvalue weighted by molar-refractivity contribution is 5.95. The van der Waals surface area contributed by atoms with Gasteiger partial charge in [-0.05, 0) is 47.4 Å². The van der Waals surface area contributed by atoms with E-state index in [1.54, 1.807) is 6.20 Å². The predicted molar refractivity (Wildman–Crippen MR) is 113 cm³/mol. The van der Waals surface area contributed by atoms with Crippen molar-refractivity contribution in [2.45, 2.75) is 13.0 Å². The zero-order valence-corrected chi connectivity index (χ0v) is 15.3. The van der Waals surface area contributed by atoms with Crippen LogP contribution in [0.3, 0.4) is 0 Å². The van der Waals surface area contributed by atoms with E-state index >= 15 is 0 Å². The number of nitrogens with two attached hydrogens (primary N) is 2. The minimum absolute atomic E-state index is 0.206. The van der Waals surface area contributed by atoms with Gasteiger partial charge in [0.05, 0.1) is 5.52 Å². The second-order valence-corrected chi connectivity index (χ2v) is 7.03. The average molecular weight is 368 g/mol. The number of hydrogen-bond donors (Lipinski definition) is 2. The summed E-state index contributed by atoms with van der Waals surface area (Å²) in [7, 11) is 0. The lowest BCUT2D eigenvalue weighted by molar-refractivity contribution is 0.830. The molecular formula is C22H20N6. The van der Waals surface area contributed by atoms with Crippen molar-refractivity contribution in [2.24, 2.45) is 0 Å². The summed E-state index contributed by atoms with van der Waals surface area (Å²) in [6, 6.07) is 17.1. The maximum absolute atomic E-state index is 6.01. The van der Waals surface area contributed by atoms with Gasteiger partial charge in [0.15, 0.2) is 0 Å². The Hall–Kier alpha value is -3.67. The Morgan fingerprint density at radius 3 is 2.82 bits per heavy atom. The molecule has 0 atom stereocenters. The van der Waals surface area contributed by atoms with Gasteiger partial charge >= 0.3 is 0 Å². The molecule has 28 heavy (non-hydrogen) atoms. The normalized spacial score (nSPS) is 13.1. The second-order valence-electron chi connectivity index (χ2n) is 7.03. The average Bonchev–Trinajstić information content (AvgIpc) is 3.11. The summed E-state index contributed by atoms with van der Waals surface area (Å²) in [4.78, 5) is 14.9. The summed E-state index contributed by atoms with van der Waals surface area (Å²) in [5.74, 6) is 0.651. The van der Waals surface area contributed by atoms with E-state index in [1.807, 2.05) is 18.3 Å². The number of pyridine rings is 1.